The van der Waals surface area contributed by atoms with E-state index in [0.29, 0.717) is 0 Å². The fourth-order valence-corrected chi connectivity index (χ4v) is 2.90. The summed E-state index contributed by atoms with van der Waals surface area (Å²) in [6, 6.07) is 18.2. The van der Waals surface area contributed by atoms with Crippen molar-refractivity contribution >= 4 is 26.9 Å². The molecule has 0 N–H and O–H groups in total. The van der Waals surface area contributed by atoms with Crippen molar-refractivity contribution in [1.82, 2.24) is 0 Å². The van der Waals surface area contributed by atoms with Gasteiger partial charge in [0.25, 0.3) is 0 Å². The Hall–Kier alpha value is -1.74. The maximum atomic E-state index is 5.89. The van der Waals surface area contributed by atoms with Crippen LogP contribution in [-0.4, -0.2) is 7.11 Å². The van der Waals surface area contributed by atoms with Crippen molar-refractivity contribution in [1.29, 1.82) is 0 Å². The molecule has 0 spiro atoms. The first-order valence-electron chi connectivity index (χ1n) is 6.52. The Kier molecular flexibility index (Phi) is 3.79. The van der Waals surface area contributed by atoms with Crippen molar-refractivity contribution < 1.29 is 9.15 Å². The minimum Gasteiger partial charge on any atom is -0.496 e. The van der Waals surface area contributed by atoms with Crippen LogP contribution in [0.4, 0.5) is 0 Å². The van der Waals surface area contributed by atoms with E-state index in [4.69, 9.17) is 9.15 Å². The second-order valence-corrected chi connectivity index (χ2v) is 5.78. The van der Waals surface area contributed by atoms with E-state index in [9.17, 15) is 0 Å². The topological polar surface area (TPSA) is 22.4 Å². The SMILES string of the molecule is COc1ccccc1CC(Br)c1cc2ccccc2o1. The summed E-state index contributed by atoms with van der Waals surface area (Å²) in [7, 11) is 1.70. The van der Waals surface area contributed by atoms with Crippen molar-refractivity contribution in [3.05, 3.63) is 65.9 Å². The van der Waals surface area contributed by atoms with Crippen LogP contribution in [0.3, 0.4) is 0 Å². The third kappa shape index (κ3) is 2.59. The van der Waals surface area contributed by atoms with Gasteiger partial charge >= 0.3 is 0 Å². The monoisotopic (exact) mass is 330 g/mol. The molecule has 20 heavy (non-hydrogen) atoms. The van der Waals surface area contributed by atoms with Crippen molar-refractivity contribution in [3.8, 4) is 5.75 Å². The molecule has 0 aliphatic rings. The lowest BCUT2D eigenvalue weighted by Gasteiger charge is -2.10. The van der Waals surface area contributed by atoms with Gasteiger partial charge in [-0.3, -0.25) is 0 Å². The van der Waals surface area contributed by atoms with Gasteiger partial charge in [-0.05, 0) is 30.2 Å². The number of furan rings is 1. The number of para-hydroxylation sites is 2. The summed E-state index contributed by atoms with van der Waals surface area (Å²) in [4.78, 5) is 0.131. The van der Waals surface area contributed by atoms with Crippen LogP contribution in [0.2, 0.25) is 0 Å². The number of alkyl halides is 1. The normalized spacial score (nSPS) is 12.5. The molecule has 1 aromatic heterocycles. The molecule has 1 unspecified atom stereocenters. The lowest BCUT2D eigenvalue weighted by molar-refractivity contribution is 0.409. The van der Waals surface area contributed by atoms with Crippen molar-refractivity contribution in [2.24, 2.45) is 0 Å². The number of fused-ring (bicyclic) bond motifs is 1. The lowest BCUT2D eigenvalue weighted by atomic mass is 10.1. The van der Waals surface area contributed by atoms with E-state index in [1.807, 2.05) is 36.4 Å². The molecule has 2 aromatic carbocycles. The number of halogens is 1. The van der Waals surface area contributed by atoms with Gasteiger partial charge in [-0.25, -0.2) is 0 Å². The zero-order chi connectivity index (χ0) is 13.9. The highest BCUT2D eigenvalue weighted by atomic mass is 79.9. The van der Waals surface area contributed by atoms with Gasteiger partial charge < -0.3 is 9.15 Å². The molecule has 0 radical (unpaired) electrons. The predicted octanol–water partition coefficient (Wildman–Crippen LogP) is 5.12. The molecule has 0 saturated carbocycles. The molecule has 1 atom stereocenters. The zero-order valence-electron chi connectivity index (χ0n) is 11.2. The number of hydrogen-bond acceptors (Lipinski definition) is 2. The fourth-order valence-electron chi connectivity index (χ4n) is 2.32. The number of methoxy groups -OCH3 is 1. The van der Waals surface area contributed by atoms with Crippen LogP contribution in [-0.2, 0) is 6.42 Å². The number of benzene rings is 2. The highest BCUT2D eigenvalue weighted by Crippen LogP contribution is 2.33. The molecule has 1 heterocycles. The van der Waals surface area contributed by atoms with E-state index in [1.165, 1.54) is 0 Å². The Balaban J connectivity index is 1.87. The highest BCUT2D eigenvalue weighted by Gasteiger charge is 2.15. The minimum atomic E-state index is 0.131. The van der Waals surface area contributed by atoms with E-state index in [-0.39, 0.29) is 4.83 Å². The van der Waals surface area contributed by atoms with E-state index in [2.05, 4.69) is 34.1 Å². The van der Waals surface area contributed by atoms with Crippen LogP contribution in [0.15, 0.2) is 59.0 Å². The van der Waals surface area contributed by atoms with E-state index < -0.39 is 0 Å². The second-order valence-electron chi connectivity index (χ2n) is 4.67. The fraction of sp³-hybridized carbons (Fsp3) is 0.176. The van der Waals surface area contributed by atoms with Gasteiger partial charge in [0.15, 0.2) is 0 Å². The van der Waals surface area contributed by atoms with Crippen LogP contribution in [0.5, 0.6) is 5.75 Å². The predicted molar refractivity (Wildman–Crippen MR) is 84.6 cm³/mol. The van der Waals surface area contributed by atoms with E-state index in [0.717, 1.165) is 34.5 Å². The molecule has 0 aliphatic heterocycles. The van der Waals surface area contributed by atoms with Crippen LogP contribution in [0.25, 0.3) is 11.0 Å². The molecule has 0 fully saturated rings. The van der Waals surface area contributed by atoms with Crippen LogP contribution in [0.1, 0.15) is 16.2 Å². The Morgan fingerprint density at radius 1 is 1.10 bits per heavy atom. The van der Waals surface area contributed by atoms with Gasteiger partial charge in [-0.15, -0.1) is 0 Å². The third-order valence-electron chi connectivity index (χ3n) is 3.34. The maximum Gasteiger partial charge on any atom is 0.134 e. The van der Waals surface area contributed by atoms with E-state index in [1.54, 1.807) is 7.11 Å². The van der Waals surface area contributed by atoms with E-state index >= 15 is 0 Å². The molecular formula is C17H15BrO2. The number of hydrogen-bond donors (Lipinski definition) is 0. The summed E-state index contributed by atoms with van der Waals surface area (Å²) in [6.07, 6.45) is 0.823. The van der Waals surface area contributed by atoms with Gasteiger partial charge in [0.2, 0.25) is 0 Å². The standard InChI is InChI=1S/C17H15BrO2/c1-19-15-8-4-2-6-12(15)10-14(18)17-11-13-7-3-5-9-16(13)20-17/h2-9,11,14H,10H2,1H3. The average molecular weight is 331 g/mol. The van der Waals surface area contributed by atoms with Gasteiger partial charge in [0.05, 0.1) is 11.9 Å². The summed E-state index contributed by atoms with van der Waals surface area (Å²) in [5.41, 5.74) is 2.09. The van der Waals surface area contributed by atoms with Crippen LogP contribution < -0.4 is 4.74 Å². The molecular weight excluding hydrogens is 316 g/mol. The van der Waals surface area contributed by atoms with Gasteiger partial charge in [0, 0.05) is 5.39 Å². The largest absolute Gasteiger partial charge is 0.496 e. The first-order chi connectivity index (χ1) is 9.78. The summed E-state index contributed by atoms with van der Waals surface area (Å²) >= 11 is 3.71. The molecule has 2 nitrogen and oxygen atoms in total. The van der Waals surface area contributed by atoms with Gasteiger partial charge in [-0.1, -0.05) is 52.3 Å². The summed E-state index contributed by atoms with van der Waals surface area (Å²) in [6.45, 7) is 0. The van der Waals surface area contributed by atoms with Gasteiger partial charge in [0.1, 0.15) is 17.1 Å². The third-order valence-corrected chi connectivity index (χ3v) is 4.12. The summed E-state index contributed by atoms with van der Waals surface area (Å²) in [5.74, 6) is 1.85. The quantitative estimate of drug-likeness (QED) is 0.619. The highest BCUT2D eigenvalue weighted by molar-refractivity contribution is 9.09. The summed E-state index contributed by atoms with van der Waals surface area (Å²) in [5, 5.41) is 1.13. The number of rotatable bonds is 4. The van der Waals surface area contributed by atoms with Crippen molar-refractivity contribution in [2.75, 3.05) is 7.11 Å². The summed E-state index contributed by atoms with van der Waals surface area (Å²) < 4.78 is 11.3. The zero-order valence-corrected chi connectivity index (χ0v) is 12.8. The molecule has 3 rings (SSSR count). The molecule has 0 saturated heterocycles. The number of ether oxygens (including phenoxy) is 1. The first-order valence-corrected chi connectivity index (χ1v) is 7.44. The molecule has 0 bridgehead atoms. The Labute approximate surface area is 126 Å². The first kappa shape index (κ1) is 13.3. The molecule has 3 aromatic rings. The van der Waals surface area contributed by atoms with Crippen LogP contribution >= 0.6 is 15.9 Å². The smallest absolute Gasteiger partial charge is 0.134 e. The molecule has 102 valence electrons. The van der Waals surface area contributed by atoms with Crippen molar-refractivity contribution in [2.45, 2.75) is 11.2 Å². The Morgan fingerprint density at radius 2 is 1.85 bits per heavy atom. The minimum absolute atomic E-state index is 0.131. The Bertz CT molecular complexity index is 685. The maximum absolute atomic E-state index is 5.89. The average Bonchev–Trinajstić information content (AvgIpc) is 2.92. The second kappa shape index (κ2) is 5.71. The molecule has 0 aliphatic carbocycles. The molecule has 0 amide bonds. The van der Waals surface area contributed by atoms with Gasteiger partial charge in [-0.2, -0.15) is 0 Å². The Morgan fingerprint density at radius 3 is 2.65 bits per heavy atom. The molecule has 3 heteroatoms. The van der Waals surface area contributed by atoms with Crippen LogP contribution in [0, 0.1) is 0 Å². The lowest BCUT2D eigenvalue weighted by Crippen LogP contribution is -1.97. The van der Waals surface area contributed by atoms with Crippen molar-refractivity contribution in [3.63, 3.8) is 0 Å².